The summed E-state index contributed by atoms with van der Waals surface area (Å²) >= 11 is 13.2. The summed E-state index contributed by atoms with van der Waals surface area (Å²) in [4.78, 5) is 31.2. The van der Waals surface area contributed by atoms with Gasteiger partial charge in [-0.3, -0.25) is 14.5 Å². The molecule has 5 nitrogen and oxygen atoms in total. The van der Waals surface area contributed by atoms with Crippen molar-refractivity contribution in [2.24, 2.45) is 0 Å². The predicted octanol–water partition coefficient (Wildman–Crippen LogP) is 5.25. The van der Waals surface area contributed by atoms with Crippen LogP contribution < -0.4 is 10.2 Å². The van der Waals surface area contributed by atoms with Crippen LogP contribution in [0.2, 0.25) is 10.0 Å². The van der Waals surface area contributed by atoms with E-state index in [1.807, 2.05) is 17.5 Å². The van der Waals surface area contributed by atoms with E-state index in [2.05, 4.69) is 10.3 Å². The van der Waals surface area contributed by atoms with Gasteiger partial charge in [0.2, 0.25) is 11.8 Å². The standard InChI is InChI=1S/C20H15Cl2N3O2S/c21-13-3-1-12(2-4-13)16-11-28-20(23-16)24-19(27)17-9-10-18(26)25(17)15-7-5-14(22)6-8-15/h1-8,11,17H,9-10H2,(H,23,24,27)/t17-/m0/s1. The van der Waals surface area contributed by atoms with E-state index in [-0.39, 0.29) is 11.8 Å². The number of amides is 2. The molecule has 2 amide bonds. The number of halogens is 2. The molecule has 4 rings (SSSR count). The first-order chi connectivity index (χ1) is 13.5. The summed E-state index contributed by atoms with van der Waals surface area (Å²) in [5.41, 5.74) is 2.34. The van der Waals surface area contributed by atoms with Gasteiger partial charge in [0.05, 0.1) is 5.69 Å². The normalized spacial score (nSPS) is 16.4. The van der Waals surface area contributed by atoms with Crippen LogP contribution in [0.25, 0.3) is 11.3 Å². The highest BCUT2D eigenvalue weighted by atomic mass is 35.5. The number of thiazole rings is 1. The van der Waals surface area contributed by atoms with E-state index in [0.29, 0.717) is 33.7 Å². The Morgan fingerprint density at radius 2 is 1.71 bits per heavy atom. The van der Waals surface area contributed by atoms with Crippen molar-refractivity contribution in [2.75, 3.05) is 10.2 Å². The van der Waals surface area contributed by atoms with Gasteiger partial charge >= 0.3 is 0 Å². The number of hydrogen-bond donors (Lipinski definition) is 1. The minimum absolute atomic E-state index is 0.0801. The summed E-state index contributed by atoms with van der Waals surface area (Å²) in [5.74, 6) is -0.332. The molecule has 8 heteroatoms. The van der Waals surface area contributed by atoms with Crippen LogP contribution in [0.15, 0.2) is 53.9 Å². The van der Waals surface area contributed by atoms with Crippen molar-refractivity contribution in [3.63, 3.8) is 0 Å². The summed E-state index contributed by atoms with van der Waals surface area (Å²) in [5, 5.41) is 6.43. The summed E-state index contributed by atoms with van der Waals surface area (Å²) in [6.45, 7) is 0. The third-order valence-electron chi connectivity index (χ3n) is 4.49. The molecule has 1 aliphatic heterocycles. The number of nitrogens with zero attached hydrogens (tertiary/aromatic N) is 2. The summed E-state index contributed by atoms with van der Waals surface area (Å²) in [6.07, 6.45) is 0.789. The highest BCUT2D eigenvalue weighted by Gasteiger charge is 2.37. The number of rotatable bonds is 4. The molecule has 1 fully saturated rings. The first-order valence-corrected chi connectivity index (χ1v) is 10.2. The lowest BCUT2D eigenvalue weighted by molar-refractivity contribution is -0.120. The number of nitrogens with one attached hydrogen (secondary N) is 1. The number of hydrogen-bond acceptors (Lipinski definition) is 4. The molecule has 0 saturated carbocycles. The molecule has 1 N–H and O–H groups in total. The van der Waals surface area contributed by atoms with Crippen molar-refractivity contribution in [1.29, 1.82) is 0 Å². The Morgan fingerprint density at radius 1 is 1.07 bits per heavy atom. The van der Waals surface area contributed by atoms with E-state index in [0.717, 1.165) is 11.3 Å². The highest BCUT2D eigenvalue weighted by Crippen LogP contribution is 2.30. The molecular weight excluding hydrogens is 417 g/mol. The van der Waals surface area contributed by atoms with Gasteiger partial charge in [0.15, 0.2) is 5.13 Å². The van der Waals surface area contributed by atoms with Gasteiger partial charge in [-0.25, -0.2) is 4.98 Å². The van der Waals surface area contributed by atoms with Gasteiger partial charge in [-0.1, -0.05) is 35.3 Å². The number of carbonyl (C=O) groups excluding carboxylic acids is 2. The molecule has 0 unspecified atom stereocenters. The van der Waals surface area contributed by atoms with Crippen molar-refractivity contribution in [3.8, 4) is 11.3 Å². The van der Waals surface area contributed by atoms with Gasteiger partial charge in [0, 0.05) is 33.1 Å². The average molecular weight is 432 g/mol. The fourth-order valence-corrected chi connectivity index (χ4v) is 4.11. The van der Waals surface area contributed by atoms with Crippen LogP contribution in [0.4, 0.5) is 10.8 Å². The fourth-order valence-electron chi connectivity index (χ4n) is 3.13. The van der Waals surface area contributed by atoms with Crippen molar-refractivity contribution < 1.29 is 9.59 Å². The number of carbonyl (C=O) groups is 2. The predicted molar refractivity (Wildman–Crippen MR) is 113 cm³/mol. The average Bonchev–Trinajstić information content (AvgIpc) is 3.30. The Kier molecular flexibility index (Phi) is 5.35. The molecule has 2 aromatic carbocycles. The van der Waals surface area contributed by atoms with E-state index in [1.54, 1.807) is 36.4 Å². The Hall–Kier alpha value is -2.41. The second-order valence-corrected chi connectivity index (χ2v) is 8.06. The molecular formula is C20H15Cl2N3O2S. The Morgan fingerprint density at radius 3 is 2.39 bits per heavy atom. The number of aromatic nitrogens is 1. The van der Waals surface area contributed by atoms with Crippen molar-refractivity contribution in [3.05, 3.63) is 64.0 Å². The summed E-state index contributed by atoms with van der Waals surface area (Å²) < 4.78 is 0. The lowest BCUT2D eigenvalue weighted by Gasteiger charge is -2.23. The maximum atomic E-state index is 12.8. The van der Waals surface area contributed by atoms with Crippen molar-refractivity contribution in [2.45, 2.75) is 18.9 Å². The lowest BCUT2D eigenvalue weighted by Crippen LogP contribution is -2.41. The molecule has 142 valence electrons. The molecule has 28 heavy (non-hydrogen) atoms. The molecule has 0 radical (unpaired) electrons. The third kappa shape index (κ3) is 3.90. The summed E-state index contributed by atoms with van der Waals surface area (Å²) in [6, 6.07) is 13.7. The number of anilines is 2. The van der Waals surface area contributed by atoms with E-state index in [1.165, 1.54) is 16.2 Å². The molecule has 1 atom stereocenters. The Labute approximate surface area is 175 Å². The van der Waals surface area contributed by atoms with E-state index < -0.39 is 6.04 Å². The van der Waals surface area contributed by atoms with Gasteiger partial charge < -0.3 is 5.32 Å². The van der Waals surface area contributed by atoms with Crippen molar-refractivity contribution >= 4 is 57.2 Å². The first-order valence-electron chi connectivity index (χ1n) is 8.61. The van der Waals surface area contributed by atoms with Crippen LogP contribution in [0.3, 0.4) is 0 Å². The van der Waals surface area contributed by atoms with Gasteiger partial charge in [-0.05, 0) is 42.8 Å². The van der Waals surface area contributed by atoms with E-state index >= 15 is 0 Å². The van der Waals surface area contributed by atoms with Crippen LogP contribution >= 0.6 is 34.5 Å². The lowest BCUT2D eigenvalue weighted by atomic mass is 10.2. The van der Waals surface area contributed by atoms with Crippen LogP contribution in [-0.4, -0.2) is 22.8 Å². The smallest absolute Gasteiger partial charge is 0.249 e. The SMILES string of the molecule is O=C(Nc1nc(-c2ccc(Cl)cc2)cs1)[C@@H]1CCC(=O)N1c1ccc(Cl)cc1. The quantitative estimate of drug-likeness (QED) is 0.613. The molecule has 3 aromatic rings. The third-order valence-corrected chi connectivity index (χ3v) is 5.76. The fraction of sp³-hybridized carbons (Fsp3) is 0.150. The minimum atomic E-state index is -0.573. The van der Waals surface area contributed by atoms with Gasteiger partial charge in [0.1, 0.15) is 6.04 Å². The van der Waals surface area contributed by atoms with E-state index in [4.69, 9.17) is 23.2 Å². The molecule has 2 heterocycles. The van der Waals surface area contributed by atoms with Crippen LogP contribution in [0.1, 0.15) is 12.8 Å². The van der Waals surface area contributed by atoms with Crippen LogP contribution in [-0.2, 0) is 9.59 Å². The second-order valence-electron chi connectivity index (χ2n) is 6.33. The zero-order chi connectivity index (χ0) is 19.7. The minimum Gasteiger partial charge on any atom is -0.300 e. The molecule has 0 aliphatic carbocycles. The molecule has 1 saturated heterocycles. The maximum absolute atomic E-state index is 12.8. The van der Waals surface area contributed by atoms with Crippen LogP contribution in [0, 0.1) is 0 Å². The van der Waals surface area contributed by atoms with Crippen LogP contribution in [0.5, 0.6) is 0 Å². The summed E-state index contributed by atoms with van der Waals surface area (Å²) in [7, 11) is 0. The highest BCUT2D eigenvalue weighted by molar-refractivity contribution is 7.14. The Balaban J connectivity index is 1.50. The zero-order valence-corrected chi connectivity index (χ0v) is 16.9. The molecule has 1 aliphatic rings. The molecule has 0 bridgehead atoms. The Bertz CT molecular complexity index is 1020. The van der Waals surface area contributed by atoms with Crippen molar-refractivity contribution in [1.82, 2.24) is 4.98 Å². The van der Waals surface area contributed by atoms with Gasteiger partial charge in [-0.2, -0.15) is 0 Å². The maximum Gasteiger partial charge on any atom is 0.249 e. The van der Waals surface area contributed by atoms with E-state index in [9.17, 15) is 9.59 Å². The number of benzene rings is 2. The molecule has 1 aromatic heterocycles. The zero-order valence-electron chi connectivity index (χ0n) is 14.6. The second kappa shape index (κ2) is 7.91. The topological polar surface area (TPSA) is 62.3 Å². The first kappa shape index (κ1) is 18.9. The van der Waals surface area contributed by atoms with Gasteiger partial charge in [0.25, 0.3) is 0 Å². The monoisotopic (exact) mass is 431 g/mol. The van der Waals surface area contributed by atoms with Gasteiger partial charge in [-0.15, -0.1) is 11.3 Å². The largest absolute Gasteiger partial charge is 0.300 e. The molecule has 0 spiro atoms.